The fourth-order valence-corrected chi connectivity index (χ4v) is 4.78. The first kappa shape index (κ1) is 14.1. The first-order valence-electron chi connectivity index (χ1n) is 7.61. The summed E-state index contributed by atoms with van der Waals surface area (Å²) in [4.78, 5) is 12.4. The number of nitrogens with one attached hydrogen (secondary N) is 1. The number of fused-ring (bicyclic) bond motifs is 2. The molecule has 2 fully saturated rings. The van der Waals surface area contributed by atoms with Crippen LogP contribution in [-0.4, -0.2) is 11.9 Å². The highest BCUT2D eigenvalue weighted by molar-refractivity contribution is 9.10. The first-order chi connectivity index (χ1) is 9.52. The second-order valence-corrected chi connectivity index (χ2v) is 7.53. The SMILES string of the molecule is Cc1cc(Br)cc(C(=O)NC(C)C2CC3CCC2C3)c1. The third-order valence-electron chi connectivity index (χ3n) is 5.10. The average molecular weight is 336 g/mol. The van der Waals surface area contributed by atoms with Crippen molar-refractivity contribution in [2.75, 3.05) is 0 Å². The molecule has 0 heterocycles. The Hall–Kier alpha value is -0.830. The van der Waals surface area contributed by atoms with Crippen molar-refractivity contribution >= 4 is 21.8 Å². The Kier molecular flexibility index (Phi) is 3.89. The molecular formula is C17H22BrNO. The van der Waals surface area contributed by atoms with Crippen LogP contribution in [0.2, 0.25) is 0 Å². The van der Waals surface area contributed by atoms with Crippen molar-refractivity contribution in [3.63, 3.8) is 0 Å². The lowest BCUT2D eigenvalue weighted by molar-refractivity contribution is 0.0915. The molecule has 4 unspecified atom stereocenters. The minimum atomic E-state index is 0.0599. The van der Waals surface area contributed by atoms with Crippen LogP contribution in [0.5, 0.6) is 0 Å². The molecule has 0 aliphatic heterocycles. The molecule has 20 heavy (non-hydrogen) atoms. The Balaban J connectivity index is 1.66. The lowest BCUT2D eigenvalue weighted by Gasteiger charge is -2.28. The number of amides is 1. The molecule has 0 spiro atoms. The number of halogens is 1. The molecule has 1 amide bonds. The highest BCUT2D eigenvalue weighted by Crippen LogP contribution is 2.49. The largest absolute Gasteiger partial charge is 0.349 e. The minimum Gasteiger partial charge on any atom is -0.349 e. The van der Waals surface area contributed by atoms with Gasteiger partial charge in [-0.2, -0.15) is 0 Å². The van der Waals surface area contributed by atoms with Gasteiger partial charge in [0.1, 0.15) is 0 Å². The molecule has 0 radical (unpaired) electrons. The van der Waals surface area contributed by atoms with Gasteiger partial charge in [0.2, 0.25) is 0 Å². The number of benzene rings is 1. The predicted molar refractivity (Wildman–Crippen MR) is 84.7 cm³/mol. The Morgan fingerprint density at radius 3 is 2.70 bits per heavy atom. The zero-order valence-electron chi connectivity index (χ0n) is 12.2. The standard InChI is InChI=1S/C17H22BrNO/c1-10-5-14(9-15(18)6-10)17(20)19-11(2)16-8-12-3-4-13(16)7-12/h5-6,9,11-13,16H,3-4,7-8H2,1-2H3,(H,19,20). The maximum Gasteiger partial charge on any atom is 0.251 e. The second-order valence-electron chi connectivity index (χ2n) is 6.62. The van der Waals surface area contributed by atoms with Crippen LogP contribution in [0.4, 0.5) is 0 Å². The fraction of sp³-hybridized carbons (Fsp3) is 0.588. The summed E-state index contributed by atoms with van der Waals surface area (Å²) in [5, 5.41) is 3.22. The highest BCUT2D eigenvalue weighted by Gasteiger charge is 2.42. The van der Waals surface area contributed by atoms with Crippen LogP contribution in [0.15, 0.2) is 22.7 Å². The molecule has 3 rings (SSSR count). The van der Waals surface area contributed by atoms with E-state index in [9.17, 15) is 4.79 Å². The molecule has 2 bridgehead atoms. The Bertz CT molecular complexity index is 507. The van der Waals surface area contributed by atoms with Crippen molar-refractivity contribution in [3.05, 3.63) is 33.8 Å². The van der Waals surface area contributed by atoms with E-state index in [0.717, 1.165) is 27.4 Å². The van der Waals surface area contributed by atoms with Crippen LogP contribution in [0.3, 0.4) is 0 Å². The van der Waals surface area contributed by atoms with Crippen molar-refractivity contribution in [2.24, 2.45) is 17.8 Å². The summed E-state index contributed by atoms with van der Waals surface area (Å²) in [7, 11) is 0. The number of carbonyl (C=O) groups is 1. The van der Waals surface area contributed by atoms with E-state index in [1.807, 2.05) is 25.1 Å². The van der Waals surface area contributed by atoms with Crippen LogP contribution in [0.25, 0.3) is 0 Å². The number of rotatable bonds is 3. The summed E-state index contributed by atoms with van der Waals surface area (Å²) in [5.41, 5.74) is 1.86. The van der Waals surface area contributed by atoms with E-state index in [0.29, 0.717) is 5.92 Å². The summed E-state index contributed by atoms with van der Waals surface area (Å²) in [5.74, 6) is 2.52. The molecule has 0 saturated heterocycles. The summed E-state index contributed by atoms with van der Waals surface area (Å²) >= 11 is 3.46. The highest BCUT2D eigenvalue weighted by atomic mass is 79.9. The van der Waals surface area contributed by atoms with Gasteiger partial charge in [-0.25, -0.2) is 0 Å². The quantitative estimate of drug-likeness (QED) is 0.875. The van der Waals surface area contributed by atoms with E-state index in [4.69, 9.17) is 0 Å². The van der Waals surface area contributed by atoms with Gasteiger partial charge in [-0.05, 0) is 74.6 Å². The summed E-state index contributed by atoms with van der Waals surface area (Å²) in [6.45, 7) is 4.19. The third kappa shape index (κ3) is 2.78. The molecule has 2 aliphatic carbocycles. The van der Waals surface area contributed by atoms with E-state index in [-0.39, 0.29) is 11.9 Å². The predicted octanol–water partition coefficient (Wildman–Crippen LogP) is 4.31. The molecule has 2 saturated carbocycles. The summed E-state index contributed by atoms with van der Waals surface area (Å²) in [6, 6.07) is 6.16. The molecule has 4 atom stereocenters. The van der Waals surface area contributed by atoms with Gasteiger partial charge in [0.25, 0.3) is 5.91 Å². The number of hydrogen-bond acceptors (Lipinski definition) is 1. The van der Waals surface area contributed by atoms with Crippen LogP contribution < -0.4 is 5.32 Å². The zero-order valence-corrected chi connectivity index (χ0v) is 13.7. The number of hydrogen-bond donors (Lipinski definition) is 1. The van der Waals surface area contributed by atoms with Crippen molar-refractivity contribution in [1.29, 1.82) is 0 Å². The maximum absolute atomic E-state index is 12.4. The summed E-state index contributed by atoms with van der Waals surface area (Å²) < 4.78 is 0.968. The van der Waals surface area contributed by atoms with Crippen molar-refractivity contribution in [3.8, 4) is 0 Å². The first-order valence-corrected chi connectivity index (χ1v) is 8.40. The van der Waals surface area contributed by atoms with Gasteiger partial charge in [-0.1, -0.05) is 22.4 Å². The fourth-order valence-electron chi connectivity index (χ4n) is 4.17. The van der Waals surface area contributed by atoms with Gasteiger partial charge in [0.05, 0.1) is 0 Å². The van der Waals surface area contributed by atoms with Gasteiger partial charge in [-0.3, -0.25) is 4.79 Å². The van der Waals surface area contributed by atoms with Crippen molar-refractivity contribution < 1.29 is 4.79 Å². The molecule has 108 valence electrons. The van der Waals surface area contributed by atoms with Crippen LogP contribution in [0, 0.1) is 24.7 Å². The number of carbonyl (C=O) groups excluding carboxylic acids is 1. The molecule has 0 aromatic heterocycles. The number of aryl methyl sites for hydroxylation is 1. The zero-order chi connectivity index (χ0) is 14.3. The Labute approximate surface area is 129 Å². The summed E-state index contributed by atoms with van der Waals surface area (Å²) in [6.07, 6.45) is 5.47. The third-order valence-corrected chi connectivity index (χ3v) is 5.56. The lowest BCUT2D eigenvalue weighted by atomic mass is 9.84. The maximum atomic E-state index is 12.4. The smallest absolute Gasteiger partial charge is 0.251 e. The van der Waals surface area contributed by atoms with Gasteiger partial charge < -0.3 is 5.32 Å². The van der Waals surface area contributed by atoms with E-state index in [1.165, 1.54) is 25.7 Å². The Morgan fingerprint density at radius 2 is 2.10 bits per heavy atom. The van der Waals surface area contributed by atoms with Crippen molar-refractivity contribution in [1.82, 2.24) is 5.32 Å². The molecule has 3 heteroatoms. The van der Waals surface area contributed by atoms with Gasteiger partial charge in [0, 0.05) is 16.1 Å². The van der Waals surface area contributed by atoms with E-state index in [2.05, 4.69) is 28.2 Å². The van der Waals surface area contributed by atoms with Crippen LogP contribution in [-0.2, 0) is 0 Å². The van der Waals surface area contributed by atoms with Crippen LogP contribution in [0.1, 0.15) is 48.5 Å². The van der Waals surface area contributed by atoms with Crippen molar-refractivity contribution in [2.45, 2.75) is 45.6 Å². The molecule has 2 nitrogen and oxygen atoms in total. The van der Waals surface area contributed by atoms with E-state index in [1.54, 1.807) is 0 Å². The molecular weight excluding hydrogens is 314 g/mol. The monoisotopic (exact) mass is 335 g/mol. The molecule has 1 N–H and O–H groups in total. The van der Waals surface area contributed by atoms with Crippen LogP contribution >= 0.6 is 15.9 Å². The van der Waals surface area contributed by atoms with Gasteiger partial charge >= 0.3 is 0 Å². The topological polar surface area (TPSA) is 29.1 Å². The van der Waals surface area contributed by atoms with E-state index < -0.39 is 0 Å². The minimum absolute atomic E-state index is 0.0599. The van der Waals surface area contributed by atoms with Gasteiger partial charge in [-0.15, -0.1) is 0 Å². The molecule has 1 aromatic carbocycles. The lowest BCUT2D eigenvalue weighted by Crippen LogP contribution is -2.40. The molecule has 2 aliphatic rings. The Morgan fingerprint density at radius 1 is 1.30 bits per heavy atom. The van der Waals surface area contributed by atoms with E-state index >= 15 is 0 Å². The second kappa shape index (κ2) is 5.51. The molecule has 1 aromatic rings. The average Bonchev–Trinajstić information content (AvgIpc) is 2.99. The normalized spacial score (nSPS) is 29.4. The van der Waals surface area contributed by atoms with Gasteiger partial charge in [0.15, 0.2) is 0 Å².